The first-order valence-electron chi connectivity index (χ1n) is 10.5. The Morgan fingerprint density at radius 3 is 2.45 bits per heavy atom. The van der Waals surface area contributed by atoms with Crippen LogP contribution in [0.5, 0.6) is 5.75 Å². The molecule has 1 unspecified atom stereocenters. The summed E-state index contributed by atoms with van der Waals surface area (Å²) in [6.45, 7) is 0. The molecule has 0 bridgehead atoms. The third-order valence-corrected chi connectivity index (χ3v) is 6.43. The van der Waals surface area contributed by atoms with Gasteiger partial charge in [0.2, 0.25) is 0 Å². The number of ether oxygens (including phenoxy) is 1. The molecule has 0 spiro atoms. The molecule has 1 N–H and O–H groups in total. The molecule has 6 nitrogen and oxygen atoms in total. The van der Waals surface area contributed by atoms with Crippen LogP contribution in [-0.4, -0.2) is 46.2 Å². The van der Waals surface area contributed by atoms with E-state index in [-0.39, 0.29) is 12.0 Å². The molecular weight excluding hydrogens is 414 g/mol. The number of carbonyl (C=O) groups excluding carboxylic acids is 1. The Morgan fingerprint density at radius 1 is 1.13 bits per heavy atom. The summed E-state index contributed by atoms with van der Waals surface area (Å²) in [6.07, 6.45) is 4.32. The summed E-state index contributed by atoms with van der Waals surface area (Å²) >= 11 is 6.10. The third kappa shape index (κ3) is 4.37. The van der Waals surface area contributed by atoms with Gasteiger partial charge in [-0.3, -0.25) is 0 Å². The molecular formula is C24H27ClN3O3+. The molecule has 31 heavy (non-hydrogen) atoms. The van der Waals surface area contributed by atoms with E-state index in [2.05, 4.69) is 6.07 Å². The van der Waals surface area contributed by atoms with Gasteiger partial charge in [-0.15, -0.1) is 4.65 Å². The molecule has 3 atom stereocenters. The number of methoxy groups -OCH3 is 1. The minimum atomic E-state index is -0.643. The van der Waals surface area contributed by atoms with Crippen LogP contribution in [-0.2, 0) is 4.79 Å². The summed E-state index contributed by atoms with van der Waals surface area (Å²) in [6, 6.07) is 17.2. The average Bonchev–Trinajstić information content (AvgIpc) is 3.25. The van der Waals surface area contributed by atoms with E-state index in [0.29, 0.717) is 11.4 Å². The quantitative estimate of drug-likeness (QED) is 0.247. The van der Waals surface area contributed by atoms with Crippen molar-refractivity contribution in [2.45, 2.75) is 37.6 Å². The second-order valence-electron chi connectivity index (χ2n) is 8.23. The zero-order valence-corrected chi connectivity index (χ0v) is 18.5. The molecule has 2 aromatic carbocycles. The van der Waals surface area contributed by atoms with Crippen molar-refractivity contribution < 1.29 is 19.4 Å². The molecule has 7 heteroatoms. The fourth-order valence-corrected chi connectivity index (χ4v) is 4.61. The van der Waals surface area contributed by atoms with E-state index in [1.807, 2.05) is 53.2 Å². The molecule has 1 heterocycles. The lowest BCUT2D eigenvalue weighted by Gasteiger charge is -2.36. The maximum Gasteiger partial charge on any atom is 0.333 e. The number of rotatable bonds is 6. The first-order valence-corrected chi connectivity index (χ1v) is 10.9. The second-order valence-corrected chi connectivity index (χ2v) is 8.67. The van der Waals surface area contributed by atoms with Gasteiger partial charge in [-0.1, -0.05) is 30.2 Å². The lowest BCUT2D eigenvalue weighted by molar-refractivity contribution is -1.04. The summed E-state index contributed by atoms with van der Waals surface area (Å²) in [4.78, 5) is 11.6. The molecule has 1 saturated carbocycles. The highest BCUT2D eigenvalue weighted by Gasteiger charge is 2.42. The van der Waals surface area contributed by atoms with Gasteiger partial charge >= 0.3 is 6.41 Å². The number of likely N-dealkylation sites (N-methyl/N-ethyl adjacent to an activating group) is 1. The van der Waals surface area contributed by atoms with Crippen LogP contribution in [0.3, 0.4) is 0 Å². The van der Waals surface area contributed by atoms with Crippen LogP contribution in [0, 0.1) is 0 Å². The van der Waals surface area contributed by atoms with Crippen LogP contribution < -0.4 is 4.74 Å². The predicted octanol–water partition coefficient (Wildman–Crippen LogP) is 5.22. The van der Waals surface area contributed by atoms with Crippen molar-refractivity contribution in [1.82, 2.24) is 9.78 Å². The molecule has 1 aromatic heterocycles. The van der Waals surface area contributed by atoms with Crippen molar-refractivity contribution in [1.29, 1.82) is 0 Å². The summed E-state index contributed by atoms with van der Waals surface area (Å²) < 4.78 is 6.56. The minimum Gasteiger partial charge on any atom is -0.497 e. The normalized spacial score (nSPS) is 20.8. The number of hydrogen-bond acceptors (Lipinski definition) is 4. The largest absolute Gasteiger partial charge is 0.497 e. The van der Waals surface area contributed by atoms with Gasteiger partial charge in [-0.25, -0.2) is 14.7 Å². The highest BCUT2D eigenvalue weighted by molar-refractivity contribution is 6.30. The van der Waals surface area contributed by atoms with Crippen molar-refractivity contribution >= 4 is 18.0 Å². The standard InChI is InChI=1S/C24H27ClN3O3/c1-28(30,16-29)24-6-4-3-5-21(24)22-15-23(17-7-9-18(25)10-8-17)27(26-22)19-11-13-20(31-2)14-12-19/h7-16,21,24,30H,3-6H2,1-2H3/q+1/t21-,24-,28?/m1/s1. The SMILES string of the molecule is COc1ccc(-n2nc([C@H]3CCCC[C@H]3[N+](C)(O)C=O)cc2-c2ccc(Cl)cc2)cc1. The highest BCUT2D eigenvalue weighted by Crippen LogP contribution is 2.39. The molecule has 3 aromatic rings. The van der Waals surface area contributed by atoms with Gasteiger partial charge in [-0.2, -0.15) is 5.10 Å². The van der Waals surface area contributed by atoms with Gasteiger partial charge < -0.3 is 4.74 Å². The maximum absolute atomic E-state index is 11.6. The van der Waals surface area contributed by atoms with E-state index < -0.39 is 4.65 Å². The highest BCUT2D eigenvalue weighted by atomic mass is 35.5. The van der Waals surface area contributed by atoms with Crippen LogP contribution in [0.25, 0.3) is 16.9 Å². The van der Waals surface area contributed by atoms with Crippen molar-refractivity contribution in [3.63, 3.8) is 0 Å². The molecule has 4 rings (SSSR count). The molecule has 0 aliphatic heterocycles. The molecule has 1 amide bonds. The number of carbonyl (C=O) groups is 1. The summed E-state index contributed by atoms with van der Waals surface area (Å²) in [5.74, 6) is 0.760. The summed E-state index contributed by atoms with van der Waals surface area (Å²) in [5.41, 5.74) is 3.70. The Morgan fingerprint density at radius 2 is 1.81 bits per heavy atom. The van der Waals surface area contributed by atoms with Crippen molar-refractivity contribution in [2.24, 2.45) is 0 Å². The molecule has 162 valence electrons. The number of hydrogen-bond donors (Lipinski definition) is 1. The molecule has 0 radical (unpaired) electrons. The Labute approximate surface area is 187 Å². The van der Waals surface area contributed by atoms with Crippen LogP contribution in [0.15, 0.2) is 54.6 Å². The van der Waals surface area contributed by atoms with E-state index in [0.717, 1.165) is 54.1 Å². The number of quaternary nitrogens is 1. The van der Waals surface area contributed by atoms with Crippen molar-refractivity contribution in [3.8, 4) is 22.7 Å². The molecule has 1 aliphatic rings. The number of aromatic nitrogens is 2. The monoisotopic (exact) mass is 440 g/mol. The molecule has 1 fully saturated rings. The van der Waals surface area contributed by atoms with Crippen LogP contribution in [0.1, 0.15) is 37.3 Å². The predicted molar refractivity (Wildman–Crippen MR) is 120 cm³/mol. The zero-order valence-electron chi connectivity index (χ0n) is 17.7. The Balaban J connectivity index is 1.82. The minimum absolute atomic E-state index is 0.0144. The van der Waals surface area contributed by atoms with Gasteiger partial charge in [0.05, 0.1) is 30.1 Å². The first-order chi connectivity index (χ1) is 14.9. The third-order valence-electron chi connectivity index (χ3n) is 6.18. The zero-order chi connectivity index (χ0) is 22.0. The number of halogens is 1. The second kappa shape index (κ2) is 8.83. The molecule has 0 saturated heterocycles. The smallest absolute Gasteiger partial charge is 0.333 e. The van der Waals surface area contributed by atoms with E-state index in [9.17, 15) is 10.0 Å². The van der Waals surface area contributed by atoms with Crippen LogP contribution >= 0.6 is 11.6 Å². The Hall–Kier alpha value is -2.67. The van der Waals surface area contributed by atoms with E-state index in [1.54, 1.807) is 14.2 Å². The lowest BCUT2D eigenvalue weighted by atomic mass is 9.81. The van der Waals surface area contributed by atoms with Gasteiger partial charge in [-0.05, 0) is 55.3 Å². The molecule has 1 aliphatic carbocycles. The van der Waals surface area contributed by atoms with Gasteiger partial charge in [0.1, 0.15) is 18.8 Å². The number of amides is 1. The van der Waals surface area contributed by atoms with Gasteiger partial charge in [0.25, 0.3) is 0 Å². The topological polar surface area (TPSA) is 64.3 Å². The van der Waals surface area contributed by atoms with Gasteiger partial charge in [0.15, 0.2) is 0 Å². The van der Waals surface area contributed by atoms with E-state index >= 15 is 0 Å². The Kier molecular flexibility index (Phi) is 6.14. The summed E-state index contributed by atoms with van der Waals surface area (Å²) in [7, 11) is 3.19. The van der Waals surface area contributed by atoms with Crippen molar-refractivity contribution in [2.75, 3.05) is 14.2 Å². The lowest BCUT2D eigenvalue weighted by Crippen LogP contribution is -2.52. The number of nitrogens with zero attached hydrogens (tertiary/aromatic N) is 3. The fraction of sp³-hybridized carbons (Fsp3) is 0.333. The number of hydroxylamine groups is 3. The number of benzene rings is 2. The first kappa shape index (κ1) is 21.6. The fourth-order valence-electron chi connectivity index (χ4n) is 4.49. The van der Waals surface area contributed by atoms with E-state index in [1.165, 1.54) is 0 Å². The van der Waals surface area contributed by atoms with Crippen LogP contribution in [0.2, 0.25) is 5.02 Å². The maximum atomic E-state index is 11.6. The van der Waals surface area contributed by atoms with E-state index in [4.69, 9.17) is 21.4 Å². The summed E-state index contributed by atoms with van der Waals surface area (Å²) in [5, 5.41) is 16.3. The average molecular weight is 441 g/mol. The van der Waals surface area contributed by atoms with Crippen molar-refractivity contribution in [3.05, 3.63) is 65.3 Å². The van der Waals surface area contributed by atoms with Gasteiger partial charge in [0, 0.05) is 17.0 Å². The Bertz CT molecular complexity index is 1040. The van der Waals surface area contributed by atoms with Crippen LogP contribution in [0.4, 0.5) is 0 Å².